The van der Waals surface area contributed by atoms with Crippen molar-refractivity contribution in [3.8, 4) is 5.75 Å². The molecular weight excluding hydrogens is 368 g/mol. The molecule has 1 saturated heterocycles. The number of aromatic nitrogens is 2. The van der Waals surface area contributed by atoms with Gasteiger partial charge in [-0.2, -0.15) is 0 Å². The SMILES string of the molecule is COc1ccc(N2C(=S)N[C@@H](c3ccccn3)[C@H]2c2ccn(C(C)C)c2)cc1. The van der Waals surface area contributed by atoms with Crippen LogP contribution in [0.15, 0.2) is 67.1 Å². The van der Waals surface area contributed by atoms with E-state index in [0.29, 0.717) is 11.2 Å². The highest BCUT2D eigenvalue weighted by molar-refractivity contribution is 7.80. The zero-order valence-corrected chi connectivity index (χ0v) is 17.1. The number of methoxy groups -OCH3 is 1. The summed E-state index contributed by atoms with van der Waals surface area (Å²) in [5, 5.41) is 4.19. The first kappa shape index (κ1) is 18.5. The Kier molecular flexibility index (Phi) is 5.05. The molecule has 0 radical (unpaired) electrons. The van der Waals surface area contributed by atoms with Crippen molar-refractivity contribution in [2.24, 2.45) is 0 Å². The molecule has 1 aliphatic heterocycles. The van der Waals surface area contributed by atoms with Crippen LogP contribution in [0.5, 0.6) is 5.75 Å². The van der Waals surface area contributed by atoms with Gasteiger partial charge in [-0.3, -0.25) is 4.98 Å². The number of pyridine rings is 1. The molecule has 0 bridgehead atoms. The normalized spacial score (nSPS) is 19.1. The number of thiocarbonyl (C=S) groups is 1. The minimum atomic E-state index is -0.0289. The molecule has 0 aliphatic carbocycles. The molecule has 144 valence electrons. The van der Waals surface area contributed by atoms with Crippen LogP contribution in [0.1, 0.15) is 43.2 Å². The second-order valence-corrected chi connectivity index (χ2v) is 7.57. The highest BCUT2D eigenvalue weighted by atomic mass is 32.1. The van der Waals surface area contributed by atoms with Crippen molar-refractivity contribution in [3.63, 3.8) is 0 Å². The van der Waals surface area contributed by atoms with Gasteiger partial charge in [0.1, 0.15) is 5.75 Å². The van der Waals surface area contributed by atoms with E-state index < -0.39 is 0 Å². The van der Waals surface area contributed by atoms with Crippen LogP contribution in [-0.4, -0.2) is 21.8 Å². The molecule has 2 atom stereocenters. The molecule has 1 fully saturated rings. The summed E-state index contributed by atoms with van der Waals surface area (Å²) in [5.41, 5.74) is 3.20. The van der Waals surface area contributed by atoms with Gasteiger partial charge in [0.25, 0.3) is 0 Å². The van der Waals surface area contributed by atoms with E-state index in [2.05, 4.69) is 52.1 Å². The summed E-state index contributed by atoms with van der Waals surface area (Å²) in [7, 11) is 1.67. The van der Waals surface area contributed by atoms with Gasteiger partial charge in [0.15, 0.2) is 5.11 Å². The summed E-state index contributed by atoms with van der Waals surface area (Å²) < 4.78 is 7.53. The maximum atomic E-state index is 5.75. The fourth-order valence-electron chi connectivity index (χ4n) is 3.64. The van der Waals surface area contributed by atoms with Gasteiger partial charge in [-0.05, 0) is 74.1 Å². The minimum absolute atomic E-state index is 0.01000. The molecule has 2 aromatic heterocycles. The fourth-order valence-corrected chi connectivity index (χ4v) is 3.99. The summed E-state index contributed by atoms with van der Waals surface area (Å²) in [4.78, 5) is 6.77. The van der Waals surface area contributed by atoms with E-state index in [9.17, 15) is 0 Å². The van der Waals surface area contributed by atoms with Crippen molar-refractivity contribution in [1.29, 1.82) is 0 Å². The summed E-state index contributed by atoms with van der Waals surface area (Å²) in [6.07, 6.45) is 6.16. The molecule has 0 saturated carbocycles. The van der Waals surface area contributed by atoms with Crippen LogP contribution < -0.4 is 15.0 Å². The van der Waals surface area contributed by atoms with Crippen LogP contribution in [0.2, 0.25) is 0 Å². The molecule has 6 heteroatoms. The molecule has 3 heterocycles. The van der Waals surface area contributed by atoms with E-state index in [0.717, 1.165) is 17.1 Å². The largest absolute Gasteiger partial charge is 0.497 e. The lowest BCUT2D eigenvalue weighted by atomic mass is 9.98. The van der Waals surface area contributed by atoms with Crippen molar-refractivity contribution in [3.05, 3.63) is 78.4 Å². The number of hydrogen-bond acceptors (Lipinski definition) is 3. The first-order chi connectivity index (χ1) is 13.6. The van der Waals surface area contributed by atoms with Gasteiger partial charge in [0, 0.05) is 30.3 Å². The molecule has 1 aliphatic rings. The standard InChI is InChI=1S/C22H24N4OS/c1-15(2)25-13-11-16(14-25)21-20(19-6-4-5-12-23-19)24-22(28)26(21)17-7-9-18(27-3)10-8-17/h4-15,20-21H,1-3H3,(H,24,28)/t20-,21+/m0/s1. The van der Waals surface area contributed by atoms with E-state index >= 15 is 0 Å². The molecular formula is C22H24N4OS. The highest BCUT2D eigenvalue weighted by Gasteiger charge is 2.41. The lowest BCUT2D eigenvalue weighted by molar-refractivity contribution is 0.415. The van der Waals surface area contributed by atoms with Gasteiger partial charge in [0.2, 0.25) is 0 Å². The average Bonchev–Trinajstić information content (AvgIpc) is 3.33. The third kappa shape index (κ3) is 3.36. The van der Waals surface area contributed by atoms with Crippen molar-refractivity contribution in [2.75, 3.05) is 12.0 Å². The first-order valence-electron chi connectivity index (χ1n) is 9.40. The molecule has 0 amide bonds. The summed E-state index contributed by atoms with van der Waals surface area (Å²) in [5.74, 6) is 0.825. The topological polar surface area (TPSA) is 42.3 Å². The zero-order chi connectivity index (χ0) is 19.7. The highest BCUT2D eigenvalue weighted by Crippen LogP contribution is 2.42. The predicted octanol–water partition coefficient (Wildman–Crippen LogP) is 4.65. The molecule has 1 N–H and O–H groups in total. The Hall–Kier alpha value is -2.86. The third-order valence-corrected chi connectivity index (χ3v) is 5.44. The molecule has 28 heavy (non-hydrogen) atoms. The van der Waals surface area contributed by atoms with Gasteiger partial charge >= 0.3 is 0 Å². The lowest BCUT2D eigenvalue weighted by Crippen LogP contribution is -2.29. The second kappa shape index (κ2) is 7.64. The van der Waals surface area contributed by atoms with Crippen molar-refractivity contribution in [2.45, 2.75) is 32.0 Å². The van der Waals surface area contributed by atoms with Crippen LogP contribution >= 0.6 is 12.2 Å². The number of hydrogen-bond donors (Lipinski definition) is 1. The van der Waals surface area contributed by atoms with Crippen LogP contribution in [0.3, 0.4) is 0 Å². The van der Waals surface area contributed by atoms with Crippen LogP contribution in [0, 0.1) is 0 Å². The van der Waals surface area contributed by atoms with Crippen LogP contribution in [-0.2, 0) is 0 Å². The molecule has 4 rings (SSSR count). The molecule has 1 aromatic carbocycles. The maximum absolute atomic E-state index is 5.75. The molecule has 3 aromatic rings. The van der Waals surface area contributed by atoms with Gasteiger partial charge in [-0.1, -0.05) is 6.07 Å². The van der Waals surface area contributed by atoms with Crippen LogP contribution in [0.25, 0.3) is 0 Å². The zero-order valence-electron chi connectivity index (χ0n) is 16.2. The van der Waals surface area contributed by atoms with Crippen molar-refractivity contribution < 1.29 is 4.74 Å². The summed E-state index contributed by atoms with van der Waals surface area (Å²) >= 11 is 5.75. The fraction of sp³-hybridized carbons (Fsp3) is 0.273. The van der Waals surface area contributed by atoms with Crippen LogP contribution in [0.4, 0.5) is 5.69 Å². The van der Waals surface area contributed by atoms with E-state index in [4.69, 9.17) is 17.0 Å². The smallest absolute Gasteiger partial charge is 0.174 e. The van der Waals surface area contributed by atoms with Crippen molar-refractivity contribution in [1.82, 2.24) is 14.9 Å². The molecule has 0 unspecified atom stereocenters. The Morgan fingerprint density at radius 2 is 1.89 bits per heavy atom. The van der Waals surface area contributed by atoms with Gasteiger partial charge in [-0.25, -0.2) is 0 Å². The number of nitrogens with one attached hydrogen (secondary N) is 1. The first-order valence-corrected chi connectivity index (χ1v) is 9.81. The maximum Gasteiger partial charge on any atom is 0.174 e. The van der Waals surface area contributed by atoms with Gasteiger partial charge in [-0.15, -0.1) is 0 Å². The quantitative estimate of drug-likeness (QED) is 0.640. The molecule has 5 nitrogen and oxygen atoms in total. The molecule has 0 spiro atoms. The number of anilines is 1. The van der Waals surface area contributed by atoms with Gasteiger partial charge < -0.3 is 19.5 Å². The predicted molar refractivity (Wildman–Crippen MR) is 116 cm³/mol. The summed E-state index contributed by atoms with van der Waals surface area (Å²) in [6, 6.07) is 16.6. The number of rotatable bonds is 5. The Morgan fingerprint density at radius 1 is 1.11 bits per heavy atom. The van der Waals surface area contributed by atoms with E-state index in [1.54, 1.807) is 7.11 Å². The Morgan fingerprint density at radius 3 is 2.50 bits per heavy atom. The second-order valence-electron chi connectivity index (χ2n) is 7.18. The monoisotopic (exact) mass is 392 g/mol. The number of nitrogens with zero attached hydrogens (tertiary/aromatic N) is 3. The van der Waals surface area contributed by atoms with E-state index in [1.165, 1.54) is 5.56 Å². The third-order valence-electron chi connectivity index (χ3n) is 5.12. The summed E-state index contributed by atoms with van der Waals surface area (Å²) in [6.45, 7) is 4.36. The minimum Gasteiger partial charge on any atom is -0.497 e. The average molecular weight is 393 g/mol. The van der Waals surface area contributed by atoms with E-state index in [1.807, 2.05) is 48.7 Å². The Labute approximate surface area is 171 Å². The number of benzene rings is 1. The lowest BCUT2D eigenvalue weighted by Gasteiger charge is -2.27. The number of ether oxygens (including phenoxy) is 1. The van der Waals surface area contributed by atoms with Gasteiger partial charge in [0.05, 0.1) is 24.9 Å². The Bertz CT molecular complexity index is 952. The van der Waals surface area contributed by atoms with E-state index in [-0.39, 0.29) is 12.1 Å². The van der Waals surface area contributed by atoms with Crippen molar-refractivity contribution >= 4 is 23.0 Å². The Balaban J connectivity index is 1.79.